The normalized spacial score (nSPS) is 23.7. The first-order valence-electron chi connectivity index (χ1n) is 4.67. The summed E-state index contributed by atoms with van der Waals surface area (Å²) in [5, 5.41) is 0. The minimum absolute atomic E-state index is 0.00731. The number of halogens is 2. The lowest BCUT2D eigenvalue weighted by molar-refractivity contribution is -0.142. The summed E-state index contributed by atoms with van der Waals surface area (Å²) in [6, 6.07) is 3.71. The molecule has 1 aromatic rings. The molecule has 15 heavy (non-hydrogen) atoms. The molecule has 1 aliphatic carbocycles. The zero-order valence-corrected chi connectivity index (χ0v) is 8.17. The zero-order chi connectivity index (χ0) is 11.0. The molecule has 0 spiro atoms. The number of hydrogen-bond donors (Lipinski definition) is 0. The number of hydrogen-bond acceptors (Lipinski definition) is 2. The summed E-state index contributed by atoms with van der Waals surface area (Å²) in [6.07, 6.45) is 0.463. The monoisotopic (exact) mass is 212 g/mol. The molecule has 0 heterocycles. The second kappa shape index (κ2) is 3.61. The Bertz CT molecular complexity index is 383. The van der Waals surface area contributed by atoms with Crippen LogP contribution < -0.4 is 0 Å². The molecule has 1 aliphatic rings. The molecule has 2 rings (SSSR count). The first-order valence-corrected chi connectivity index (χ1v) is 4.67. The van der Waals surface area contributed by atoms with Gasteiger partial charge in [-0.2, -0.15) is 0 Å². The van der Waals surface area contributed by atoms with E-state index < -0.39 is 17.6 Å². The Kier molecular flexibility index (Phi) is 2.42. The van der Waals surface area contributed by atoms with Crippen molar-refractivity contribution in [2.24, 2.45) is 5.92 Å². The van der Waals surface area contributed by atoms with Crippen LogP contribution in [0.1, 0.15) is 17.9 Å². The highest BCUT2D eigenvalue weighted by Crippen LogP contribution is 2.49. The van der Waals surface area contributed by atoms with E-state index >= 15 is 0 Å². The van der Waals surface area contributed by atoms with Gasteiger partial charge in [0.25, 0.3) is 0 Å². The third-order valence-electron chi connectivity index (χ3n) is 2.66. The van der Waals surface area contributed by atoms with Crippen molar-refractivity contribution in [3.05, 3.63) is 35.4 Å². The summed E-state index contributed by atoms with van der Waals surface area (Å²) in [5.74, 6) is -2.33. The number of ether oxygens (including phenoxy) is 1. The molecular weight excluding hydrogens is 202 g/mol. The molecule has 4 heteroatoms. The summed E-state index contributed by atoms with van der Waals surface area (Å²) in [6.45, 7) is 0. The average molecular weight is 212 g/mol. The number of esters is 1. The van der Waals surface area contributed by atoms with Gasteiger partial charge in [-0.15, -0.1) is 0 Å². The smallest absolute Gasteiger partial charge is 0.309 e. The van der Waals surface area contributed by atoms with E-state index in [4.69, 9.17) is 0 Å². The SMILES string of the molecule is COC(=O)C1CC1c1c(F)cccc1F. The molecule has 0 radical (unpaired) electrons. The number of carbonyl (C=O) groups is 1. The number of carbonyl (C=O) groups excluding carboxylic acids is 1. The second-order valence-electron chi connectivity index (χ2n) is 3.61. The molecule has 2 atom stereocenters. The molecule has 0 amide bonds. The van der Waals surface area contributed by atoms with E-state index in [9.17, 15) is 13.6 Å². The summed E-state index contributed by atoms with van der Waals surface area (Å²) in [7, 11) is 1.27. The fourth-order valence-corrected chi connectivity index (χ4v) is 1.79. The van der Waals surface area contributed by atoms with Gasteiger partial charge in [-0.05, 0) is 18.6 Å². The van der Waals surface area contributed by atoms with E-state index in [1.54, 1.807) is 0 Å². The summed E-state index contributed by atoms with van der Waals surface area (Å²) >= 11 is 0. The summed E-state index contributed by atoms with van der Waals surface area (Å²) in [5.41, 5.74) is 0.00731. The Morgan fingerprint density at radius 1 is 1.40 bits per heavy atom. The van der Waals surface area contributed by atoms with Crippen molar-refractivity contribution in [2.45, 2.75) is 12.3 Å². The Morgan fingerprint density at radius 2 is 2.00 bits per heavy atom. The highest BCUT2D eigenvalue weighted by Gasteiger charge is 2.47. The Labute approximate surface area is 85.9 Å². The van der Waals surface area contributed by atoms with Gasteiger partial charge in [-0.25, -0.2) is 8.78 Å². The predicted molar refractivity (Wildman–Crippen MR) is 49.2 cm³/mol. The molecule has 1 saturated carbocycles. The molecule has 0 saturated heterocycles. The molecule has 0 bridgehead atoms. The molecule has 0 aromatic heterocycles. The van der Waals surface area contributed by atoms with E-state index in [0.717, 1.165) is 0 Å². The van der Waals surface area contributed by atoms with Crippen LogP contribution in [0, 0.1) is 17.6 Å². The van der Waals surface area contributed by atoms with Crippen LogP contribution in [0.4, 0.5) is 8.78 Å². The Morgan fingerprint density at radius 3 is 2.53 bits per heavy atom. The van der Waals surface area contributed by atoms with Crippen LogP contribution in [0.2, 0.25) is 0 Å². The molecule has 1 aromatic carbocycles. The van der Waals surface area contributed by atoms with Gasteiger partial charge >= 0.3 is 5.97 Å². The fourth-order valence-electron chi connectivity index (χ4n) is 1.79. The van der Waals surface area contributed by atoms with Gasteiger partial charge in [0.05, 0.1) is 13.0 Å². The maximum Gasteiger partial charge on any atom is 0.309 e. The van der Waals surface area contributed by atoms with Crippen LogP contribution in [0.15, 0.2) is 18.2 Å². The van der Waals surface area contributed by atoms with Gasteiger partial charge in [0.2, 0.25) is 0 Å². The van der Waals surface area contributed by atoms with Crippen molar-refractivity contribution in [1.29, 1.82) is 0 Å². The second-order valence-corrected chi connectivity index (χ2v) is 3.61. The van der Waals surface area contributed by atoms with Crippen molar-refractivity contribution in [2.75, 3.05) is 7.11 Å². The van der Waals surface area contributed by atoms with Gasteiger partial charge in [0, 0.05) is 11.5 Å². The van der Waals surface area contributed by atoms with E-state index in [2.05, 4.69) is 4.74 Å². The van der Waals surface area contributed by atoms with Crippen LogP contribution in [-0.4, -0.2) is 13.1 Å². The maximum atomic E-state index is 13.3. The summed E-state index contributed by atoms with van der Waals surface area (Å²) < 4.78 is 31.1. The van der Waals surface area contributed by atoms with E-state index in [1.165, 1.54) is 25.3 Å². The van der Waals surface area contributed by atoms with Gasteiger partial charge in [-0.3, -0.25) is 4.79 Å². The van der Waals surface area contributed by atoms with E-state index in [0.29, 0.717) is 6.42 Å². The van der Waals surface area contributed by atoms with Crippen LogP contribution >= 0.6 is 0 Å². The van der Waals surface area contributed by atoms with Crippen LogP contribution in [0.5, 0.6) is 0 Å². The van der Waals surface area contributed by atoms with Crippen LogP contribution in [-0.2, 0) is 9.53 Å². The van der Waals surface area contributed by atoms with Crippen molar-refractivity contribution in [1.82, 2.24) is 0 Å². The molecule has 80 valence electrons. The average Bonchev–Trinajstić information content (AvgIpc) is 2.96. The van der Waals surface area contributed by atoms with Crippen molar-refractivity contribution >= 4 is 5.97 Å². The minimum atomic E-state index is -0.591. The lowest BCUT2D eigenvalue weighted by Gasteiger charge is -2.03. The third kappa shape index (κ3) is 1.71. The third-order valence-corrected chi connectivity index (χ3v) is 2.66. The molecule has 0 aliphatic heterocycles. The molecule has 0 N–H and O–H groups in total. The lowest BCUT2D eigenvalue weighted by atomic mass is 10.1. The Balaban J connectivity index is 2.23. The summed E-state index contributed by atoms with van der Waals surface area (Å²) in [4.78, 5) is 11.1. The topological polar surface area (TPSA) is 26.3 Å². The van der Waals surface area contributed by atoms with Crippen LogP contribution in [0.3, 0.4) is 0 Å². The van der Waals surface area contributed by atoms with Crippen molar-refractivity contribution in [3.8, 4) is 0 Å². The lowest BCUT2D eigenvalue weighted by Crippen LogP contribution is -2.05. The predicted octanol–water partition coefficient (Wildman–Crippen LogP) is 2.24. The molecule has 1 fully saturated rings. The zero-order valence-electron chi connectivity index (χ0n) is 8.17. The largest absolute Gasteiger partial charge is 0.469 e. The minimum Gasteiger partial charge on any atom is -0.469 e. The Hall–Kier alpha value is -1.45. The highest BCUT2D eigenvalue weighted by atomic mass is 19.1. The van der Waals surface area contributed by atoms with Gasteiger partial charge in [0.1, 0.15) is 11.6 Å². The molecular formula is C11H10F2O2. The highest BCUT2D eigenvalue weighted by molar-refractivity contribution is 5.77. The van der Waals surface area contributed by atoms with Gasteiger partial charge in [-0.1, -0.05) is 6.07 Å². The van der Waals surface area contributed by atoms with Crippen molar-refractivity contribution < 1.29 is 18.3 Å². The van der Waals surface area contributed by atoms with E-state index in [-0.39, 0.29) is 17.4 Å². The fraction of sp³-hybridized carbons (Fsp3) is 0.364. The number of rotatable bonds is 2. The number of benzene rings is 1. The number of methoxy groups -OCH3 is 1. The van der Waals surface area contributed by atoms with E-state index in [1.807, 2.05) is 0 Å². The molecule has 2 nitrogen and oxygen atoms in total. The van der Waals surface area contributed by atoms with Crippen molar-refractivity contribution in [3.63, 3.8) is 0 Å². The van der Waals surface area contributed by atoms with Crippen LogP contribution in [0.25, 0.3) is 0 Å². The quantitative estimate of drug-likeness (QED) is 0.703. The first-order chi connectivity index (χ1) is 7.15. The van der Waals surface area contributed by atoms with Gasteiger partial charge < -0.3 is 4.74 Å². The maximum absolute atomic E-state index is 13.3. The standard InChI is InChI=1S/C11H10F2O2/c1-15-11(14)7-5-6(7)10-8(12)3-2-4-9(10)13/h2-4,6-7H,5H2,1H3. The van der Waals surface area contributed by atoms with Gasteiger partial charge in [0.15, 0.2) is 0 Å². The molecule has 2 unspecified atom stereocenters. The first kappa shape index (κ1) is 10.1.